The first kappa shape index (κ1) is 20.7. The first-order valence-electron chi connectivity index (χ1n) is 8.28. The van der Waals surface area contributed by atoms with E-state index in [1.165, 1.54) is 0 Å². The zero-order chi connectivity index (χ0) is 16.7. The van der Waals surface area contributed by atoms with Crippen molar-refractivity contribution in [2.24, 2.45) is 4.99 Å². The summed E-state index contributed by atoms with van der Waals surface area (Å²) in [7, 11) is 1.72. The minimum atomic E-state index is 0. The number of hydrogen-bond donors (Lipinski definition) is 3. The Morgan fingerprint density at radius 1 is 1.42 bits per heavy atom. The van der Waals surface area contributed by atoms with E-state index in [4.69, 9.17) is 4.52 Å². The zero-order valence-corrected chi connectivity index (χ0v) is 16.9. The third kappa shape index (κ3) is 7.50. The van der Waals surface area contributed by atoms with Crippen LogP contribution in [0.5, 0.6) is 0 Å². The molecule has 1 aromatic heterocycles. The molecule has 0 aliphatic heterocycles. The van der Waals surface area contributed by atoms with Crippen LogP contribution in [0.2, 0.25) is 0 Å². The van der Waals surface area contributed by atoms with Crippen molar-refractivity contribution in [1.82, 2.24) is 21.1 Å². The van der Waals surface area contributed by atoms with Crippen LogP contribution in [0.4, 0.5) is 0 Å². The molecule has 0 atom stereocenters. The van der Waals surface area contributed by atoms with E-state index in [1.54, 1.807) is 7.05 Å². The number of amides is 1. The SMILES string of the molecule is CN=C(NCCCC(=O)NC1CC1)NCc1cc(C(C)C)no1.I. The molecule has 1 saturated carbocycles. The van der Waals surface area contributed by atoms with Gasteiger partial charge in [-0.25, -0.2) is 0 Å². The van der Waals surface area contributed by atoms with Crippen LogP contribution in [0.1, 0.15) is 56.9 Å². The average Bonchev–Trinajstić information content (AvgIpc) is 3.20. The fourth-order valence-electron chi connectivity index (χ4n) is 2.06. The number of carbonyl (C=O) groups excluding carboxylic acids is 1. The Hall–Kier alpha value is -1.32. The van der Waals surface area contributed by atoms with E-state index in [1.807, 2.05) is 6.07 Å². The molecule has 0 bridgehead atoms. The van der Waals surface area contributed by atoms with E-state index < -0.39 is 0 Å². The van der Waals surface area contributed by atoms with Crippen molar-refractivity contribution in [3.63, 3.8) is 0 Å². The molecule has 3 N–H and O–H groups in total. The smallest absolute Gasteiger partial charge is 0.220 e. The topological polar surface area (TPSA) is 91.5 Å². The predicted molar refractivity (Wildman–Crippen MR) is 105 cm³/mol. The first-order chi connectivity index (χ1) is 11.1. The number of hydrogen-bond acceptors (Lipinski definition) is 4. The molecule has 0 radical (unpaired) electrons. The number of rotatable bonds is 8. The van der Waals surface area contributed by atoms with E-state index in [0.29, 0.717) is 37.4 Å². The normalized spacial score (nSPS) is 14.2. The number of halogens is 1. The Balaban J connectivity index is 0.00000288. The molecular formula is C16H28IN5O2. The summed E-state index contributed by atoms with van der Waals surface area (Å²) in [5, 5.41) is 13.4. The molecular weight excluding hydrogens is 421 g/mol. The maximum Gasteiger partial charge on any atom is 0.220 e. The van der Waals surface area contributed by atoms with Crippen molar-refractivity contribution in [2.75, 3.05) is 13.6 Å². The molecule has 1 aromatic rings. The van der Waals surface area contributed by atoms with E-state index in [2.05, 4.69) is 39.9 Å². The van der Waals surface area contributed by atoms with Crippen molar-refractivity contribution in [2.45, 2.75) is 58.0 Å². The van der Waals surface area contributed by atoms with Gasteiger partial charge in [-0.3, -0.25) is 9.79 Å². The van der Waals surface area contributed by atoms with Crippen LogP contribution in [0.15, 0.2) is 15.6 Å². The number of aliphatic imine (C=N–C) groups is 1. The summed E-state index contributed by atoms with van der Waals surface area (Å²) in [5.41, 5.74) is 0.950. The fourth-order valence-corrected chi connectivity index (χ4v) is 2.06. The highest BCUT2D eigenvalue weighted by atomic mass is 127. The number of nitrogens with one attached hydrogen (secondary N) is 3. The van der Waals surface area contributed by atoms with Crippen molar-refractivity contribution < 1.29 is 9.32 Å². The van der Waals surface area contributed by atoms with Crippen LogP contribution in [0, 0.1) is 0 Å². The van der Waals surface area contributed by atoms with Gasteiger partial charge >= 0.3 is 0 Å². The highest BCUT2D eigenvalue weighted by Crippen LogP contribution is 2.18. The molecule has 24 heavy (non-hydrogen) atoms. The second-order valence-corrected chi connectivity index (χ2v) is 6.17. The molecule has 1 amide bonds. The van der Waals surface area contributed by atoms with Crippen LogP contribution in [-0.4, -0.2) is 36.7 Å². The molecule has 136 valence electrons. The Bertz CT molecular complexity index is 540. The predicted octanol–water partition coefficient (Wildman–Crippen LogP) is 2.14. The molecule has 0 unspecified atom stereocenters. The van der Waals surface area contributed by atoms with Gasteiger partial charge in [-0.15, -0.1) is 24.0 Å². The molecule has 0 aromatic carbocycles. The summed E-state index contributed by atoms with van der Waals surface area (Å²) in [4.78, 5) is 15.7. The van der Waals surface area contributed by atoms with Crippen LogP contribution >= 0.6 is 24.0 Å². The lowest BCUT2D eigenvalue weighted by atomic mass is 10.1. The van der Waals surface area contributed by atoms with Gasteiger partial charge in [0.1, 0.15) is 0 Å². The van der Waals surface area contributed by atoms with Crippen LogP contribution in [0.25, 0.3) is 0 Å². The molecule has 1 heterocycles. The Morgan fingerprint density at radius 3 is 2.75 bits per heavy atom. The largest absolute Gasteiger partial charge is 0.359 e. The zero-order valence-electron chi connectivity index (χ0n) is 14.6. The highest BCUT2D eigenvalue weighted by molar-refractivity contribution is 14.0. The van der Waals surface area contributed by atoms with Gasteiger partial charge in [0.15, 0.2) is 11.7 Å². The number of nitrogens with zero attached hydrogens (tertiary/aromatic N) is 2. The number of carbonyl (C=O) groups is 1. The van der Waals surface area contributed by atoms with Gasteiger partial charge in [-0.1, -0.05) is 19.0 Å². The van der Waals surface area contributed by atoms with Crippen molar-refractivity contribution in [1.29, 1.82) is 0 Å². The summed E-state index contributed by atoms with van der Waals surface area (Å²) in [6.07, 6.45) is 3.57. The average molecular weight is 449 g/mol. The quantitative estimate of drug-likeness (QED) is 0.245. The van der Waals surface area contributed by atoms with Gasteiger partial charge in [0.05, 0.1) is 12.2 Å². The fraction of sp³-hybridized carbons (Fsp3) is 0.688. The maximum atomic E-state index is 11.6. The van der Waals surface area contributed by atoms with E-state index in [0.717, 1.165) is 30.7 Å². The summed E-state index contributed by atoms with van der Waals surface area (Å²) in [5.74, 6) is 1.96. The summed E-state index contributed by atoms with van der Waals surface area (Å²) >= 11 is 0. The maximum absolute atomic E-state index is 11.6. The summed E-state index contributed by atoms with van der Waals surface area (Å²) in [6, 6.07) is 2.38. The Kier molecular flexibility index (Phi) is 9.09. The third-order valence-corrected chi connectivity index (χ3v) is 3.64. The lowest BCUT2D eigenvalue weighted by molar-refractivity contribution is -0.121. The van der Waals surface area contributed by atoms with Gasteiger partial charge in [0.25, 0.3) is 0 Å². The summed E-state index contributed by atoms with van der Waals surface area (Å²) in [6.45, 7) is 5.39. The van der Waals surface area contributed by atoms with Crippen LogP contribution in [0.3, 0.4) is 0 Å². The Morgan fingerprint density at radius 2 is 2.17 bits per heavy atom. The van der Waals surface area contributed by atoms with Gasteiger partial charge in [0, 0.05) is 32.1 Å². The van der Waals surface area contributed by atoms with Gasteiger partial charge in [-0.2, -0.15) is 0 Å². The van der Waals surface area contributed by atoms with Gasteiger partial charge in [-0.05, 0) is 25.2 Å². The van der Waals surface area contributed by atoms with Crippen LogP contribution < -0.4 is 16.0 Å². The molecule has 1 fully saturated rings. The summed E-state index contributed by atoms with van der Waals surface area (Å²) < 4.78 is 5.27. The van der Waals surface area contributed by atoms with E-state index >= 15 is 0 Å². The lowest BCUT2D eigenvalue weighted by Gasteiger charge is -2.10. The first-order valence-corrected chi connectivity index (χ1v) is 8.28. The van der Waals surface area contributed by atoms with Crippen LogP contribution in [-0.2, 0) is 11.3 Å². The highest BCUT2D eigenvalue weighted by Gasteiger charge is 2.22. The number of aromatic nitrogens is 1. The second kappa shape index (κ2) is 10.5. The minimum absolute atomic E-state index is 0. The standard InChI is InChI=1S/C16H27N5O2.HI/c1-11(2)14-9-13(23-21-14)10-19-16(17-3)18-8-4-5-15(22)20-12-6-7-12;/h9,11-12H,4-8,10H2,1-3H3,(H,20,22)(H2,17,18,19);1H. The molecule has 7 nitrogen and oxygen atoms in total. The molecule has 0 spiro atoms. The molecule has 0 saturated heterocycles. The monoisotopic (exact) mass is 449 g/mol. The molecule has 2 rings (SSSR count). The van der Waals surface area contributed by atoms with Crippen molar-refractivity contribution >= 4 is 35.8 Å². The molecule has 8 heteroatoms. The number of guanidine groups is 1. The minimum Gasteiger partial charge on any atom is -0.359 e. The second-order valence-electron chi connectivity index (χ2n) is 6.17. The van der Waals surface area contributed by atoms with E-state index in [9.17, 15) is 4.79 Å². The van der Waals surface area contributed by atoms with Crippen molar-refractivity contribution in [3.05, 3.63) is 17.5 Å². The van der Waals surface area contributed by atoms with Gasteiger partial charge < -0.3 is 20.5 Å². The van der Waals surface area contributed by atoms with Crippen molar-refractivity contribution in [3.8, 4) is 0 Å². The molecule has 1 aliphatic rings. The lowest BCUT2D eigenvalue weighted by Crippen LogP contribution is -2.37. The molecule has 1 aliphatic carbocycles. The van der Waals surface area contributed by atoms with E-state index in [-0.39, 0.29) is 29.9 Å². The Labute approximate surface area is 160 Å². The third-order valence-electron chi connectivity index (χ3n) is 3.64. The van der Waals surface area contributed by atoms with Gasteiger partial charge in [0.2, 0.25) is 5.91 Å².